The monoisotopic (exact) mass is 329 g/mol. The molecule has 0 radical (unpaired) electrons. The van der Waals surface area contributed by atoms with Crippen molar-refractivity contribution < 1.29 is 9.59 Å². The predicted molar refractivity (Wildman–Crippen MR) is 90.7 cm³/mol. The van der Waals surface area contributed by atoms with Crippen LogP contribution in [0.25, 0.3) is 0 Å². The zero-order chi connectivity index (χ0) is 17.4. The number of nitrogens with one attached hydrogen (secondary N) is 1. The Hall–Kier alpha value is -2.54. The first-order valence-corrected chi connectivity index (χ1v) is 8.13. The smallest absolute Gasteiger partial charge is 0.243 e. The third-order valence-corrected chi connectivity index (χ3v) is 3.73. The van der Waals surface area contributed by atoms with Gasteiger partial charge in [0.15, 0.2) is 5.69 Å². The van der Waals surface area contributed by atoms with Gasteiger partial charge in [0.2, 0.25) is 11.7 Å². The lowest BCUT2D eigenvalue weighted by Crippen LogP contribution is -2.36. The lowest BCUT2D eigenvalue weighted by Gasteiger charge is -2.17. The standard InChI is InChI=1S/C17H23N5O2/c1-3-21(4-2)11-10-18-16(23)13-22-19-12-15(20-22)17(24)14-8-6-5-7-9-14/h5-9,12H,3-4,10-11,13H2,1-2H3,(H,18,23). The van der Waals surface area contributed by atoms with E-state index in [0.29, 0.717) is 12.1 Å². The minimum absolute atomic E-state index is 0.000317. The number of rotatable bonds is 9. The van der Waals surface area contributed by atoms with Crippen LogP contribution >= 0.6 is 0 Å². The number of ketones is 1. The molecule has 2 rings (SSSR count). The Morgan fingerprint density at radius 3 is 2.54 bits per heavy atom. The fraction of sp³-hybridized carbons (Fsp3) is 0.412. The Labute approximate surface area is 141 Å². The van der Waals surface area contributed by atoms with E-state index in [9.17, 15) is 9.59 Å². The van der Waals surface area contributed by atoms with Crippen LogP contribution in [-0.2, 0) is 11.3 Å². The lowest BCUT2D eigenvalue weighted by atomic mass is 10.1. The summed E-state index contributed by atoms with van der Waals surface area (Å²) < 4.78 is 0. The van der Waals surface area contributed by atoms with Crippen molar-refractivity contribution in [2.24, 2.45) is 0 Å². The van der Waals surface area contributed by atoms with Crippen molar-refractivity contribution in [1.82, 2.24) is 25.2 Å². The zero-order valence-corrected chi connectivity index (χ0v) is 14.1. The highest BCUT2D eigenvalue weighted by Crippen LogP contribution is 2.06. The molecule has 1 amide bonds. The van der Waals surface area contributed by atoms with Crippen LogP contribution in [0.3, 0.4) is 0 Å². The van der Waals surface area contributed by atoms with Crippen molar-refractivity contribution in [3.63, 3.8) is 0 Å². The van der Waals surface area contributed by atoms with Gasteiger partial charge in [0, 0.05) is 18.7 Å². The van der Waals surface area contributed by atoms with Crippen molar-refractivity contribution in [3.05, 3.63) is 47.8 Å². The molecule has 0 aliphatic heterocycles. The number of hydrogen-bond acceptors (Lipinski definition) is 5. The van der Waals surface area contributed by atoms with Gasteiger partial charge in [0.25, 0.3) is 0 Å². The van der Waals surface area contributed by atoms with Gasteiger partial charge in [-0.05, 0) is 13.1 Å². The summed E-state index contributed by atoms with van der Waals surface area (Å²) in [7, 11) is 0. The Morgan fingerprint density at radius 2 is 1.88 bits per heavy atom. The molecule has 7 nitrogen and oxygen atoms in total. The van der Waals surface area contributed by atoms with Crippen molar-refractivity contribution in [3.8, 4) is 0 Å². The van der Waals surface area contributed by atoms with E-state index in [1.165, 1.54) is 11.0 Å². The van der Waals surface area contributed by atoms with E-state index < -0.39 is 0 Å². The minimum Gasteiger partial charge on any atom is -0.353 e. The van der Waals surface area contributed by atoms with Gasteiger partial charge in [-0.15, -0.1) is 5.10 Å². The fourth-order valence-corrected chi connectivity index (χ4v) is 2.29. The summed E-state index contributed by atoms with van der Waals surface area (Å²) in [6, 6.07) is 8.88. The Morgan fingerprint density at radius 1 is 1.17 bits per heavy atom. The summed E-state index contributed by atoms with van der Waals surface area (Å²) in [6.45, 7) is 7.48. The molecule has 1 N–H and O–H groups in total. The van der Waals surface area contributed by atoms with Crippen LogP contribution in [0.15, 0.2) is 36.5 Å². The van der Waals surface area contributed by atoms with Crippen molar-refractivity contribution in [2.45, 2.75) is 20.4 Å². The average Bonchev–Trinajstić information content (AvgIpc) is 3.07. The van der Waals surface area contributed by atoms with E-state index in [1.807, 2.05) is 6.07 Å². The largest absolute Gasteiger partial charge is 0.353 e. The number of carbonyl (C=O) groups excluding carboxylic acids is 2. The average molecular weight is 329 g/mol. The van der Waals surface area contributed by atoms with Crippen LogP contribution in [-0.4, -0.2) is 57.8 Å². The number of likely N-dealkylation sites (N-methyl/N-ethyl adjacent to an activating group) is 1. The number of hydrogen-bond donors (Lipinski definition) is 1. The molecule has 7 heteroatoms. The summed E-state index contributed by atoms with van der Waals surface area (Å²) in [5, 5.41) is 10.9. The van der Waals surface area contributed by atoms with Crippen LogP contribution in [0.5, 0.6) is 0 Å². The molecule has 128 valence electrons. The molecule has 0 unspecified atom stereocenters. The summed E-state index contributed by atoms with van der Waals surface area (Å²) in [5.41, 5.74) is 0.783. The summed E-state index contributed by atoms with van der Waals surface area (Å²) in [5.74, 6) is -0.375. The third kappa shape index (κ3) is 4.99. The van der Waals surface area contributed by atoms with Gasteiger partial charge in [0.05, 0.1) is 6.20 Å². The number of amides is 1. The number of nitrogens with zero attached hydrogens (tertiary/aromatic N) is 4. The highest BCUT2D eigenvalue weighted by Gasteiger charge is 2.14. The second kappa shape index (κ2) is 8.93. The van der Waals surface area contributed by atoms with E-state index in [1.54, 1.807) is 24.3 Å². The molecule has 0 fully saturated rings. The number of carbonyl (C=O) groups is 2. The Balaban J connectivity index is 1.85. The molecular weight excluding hydrogens is 306 g/mol. The molecule has 0 atom stereocenters. The molecule has 0 bridgehead atoms. The lowest BCUT2D eigenvalue weighted by molar-refractivity contribution is -0.122. The van der Waals surface area contributed by atoms with E-state index in [4.69, 9.17) is 0 Å². The maximum atomic E-state index is 12.2. The van der Waals surface area contributed by atoms with Crippen LogP contribution in [0.1, 0.15) is 29.9 Å². The minimum atomic E-state index is -0.205. The van der Waals surface area contributed by atoms with Gasteiger partial charge in [-0.2, -0.15) is 9.90 Å². The van der Waals surface area contributed by atoms with Crippen LogP contribution in [0, 0.1) is 0 Å². The van der Waals surface area contributed by atoms with Gasteiger partial charge in [-0.1, -0.05) is 44.2 Å². The Bertz CT molecular complexity index is 665. The topological polar surface area (TPSA) is 80.1 Å². The first kappa shape index (κ1) is 17.8. The van der Waals surface area contributed by atoms with Gasteiger partial charge in [-0.25, -0.2) is 0 Å². The molecule has 0 spiro atoms. The highest BCUT2D eigenvalue weighted by molar-refractivity contribution is 6.07. The molecule has 0 aliphatic carbocycles. The van der Waals surface area contributed by atoms with Gasteiger partial charge >= 0.3 is 0 Å². The molecule has 1 aromatic heterocycles. The summed E-state index contributed by atoms with van der Waals surface area (Å²) >= 11 is 0. The molecule has 0 aliphatic rings. The molecule has 1 heterocycles. The third-order valence-electron chi connectivity index (χ3n) is 3.73. The Kier molecular flexibility index (Phi) is 6.62. The normalized spacial score (nSPS) is 10.8. The van der Waals surface area contributed by atoms with Gasteiger partial charge in [0.1, 0.15) is 6.54 Å². The molecular formula is C17H23N5O2. The van der Waals surface area contributed by atoms with Crippen LogP contribution < -0.4 is 5.32 Å². The van der Waals surface area contributed by atoms with Crippen molar-refractivity contribution in [2.75, 3.05) is 26.2 Å². The molecule has 2 aromatic rings. The van der Waals surface area contributed by atoms with Crippen LogP contribution in [0.2, 0.25) is 0 Å². The second-order valence-electron chi connectivity index (χ2n) is 5.33. The predicted octanol–water partition coefficient (Wildman–Crippen LogP) is 0.967. The SMILES string of the molecule is CCN(CC)CCNC(=O)Cn1ncc(C(=O)c2ccccc2)n1. The summed E-state index contributed by atoms with van der Waals surface area (Å²) in [4.78, 5) is 27.6. The quantitative estimate of drug-likeness (QED) is 0.693. The highest BCUT2D eigenvalue weighted by atomic mass is 16.2. The fourth-order valence-electron chi connectivity index (χ4n) is 2.29. The molecule has 0 saturated heterocycles. The van der Waals surface area contributed by atoms with Crippen molar-refractivity contribution >= 4 is 11.7 Å². The second-order valence-corrected chi connectivity index (χ2v) is 5.33. The van der Waals surface area contributed by atoms with E-state index >= 15 is 0 Å². The first-order valence-electron chi connectivity index (χ1n) is 8.13. The number of aromatic nitrogens is 3. The maximum Gasteiger partial charge on any atom is 0.243 e. The summed E-state index contributed by atoms with van der Waals surface area (Å²) in [6.07, 6.45) is 1.39. The van der Waals surface area contributed by atoms with Crippen molar-refractivity contribution in [1.29, 1.82) is 0 Å². The van der Waals surface area contributed by atoms with Gasteiger partial charge in [-0.3, -0.25) is 9.59 Å². The zero-order valence-electron chi connectivity index (χ0n) is 14.1. The van der Waals surface area contributed by atoms with Crippen LogP contribution in [0.4, 0.5) is 0 Å². The van der Waals surface area contributed by atoms with E-state index in [0.717, 1.165) is 19.6 Å². The molecule has 24 heavy (non-hydrogen) atoms. The molecule has 1 aromatic carbocycles. The number of benzene rings is 1. The maximum absolute atomic E-state index is 12.2. The first-order chi connectivity index (χ1) is 11.6. The van der Waals surface area contributed by atoms with E-state index in [-0.39, 0.29) is 23.9 Å². The molecule has 0 saturated carbocycles. The van der Waals surface area contributed by atoms with Gasteiger partial charge < -0.3 is 10.2 Å². The van der Waals surface area contributed by atoms with E-state index in [2.05, 4.69) is 34.3 Å².